The van der Waals surface area contributed by atoms with Gasteiger partial charge in [-0.2, -0.15) is 0 Å². The lowest BCUT2D eigenvalue weighted by Gasteiger charge is -2.36. The molecule has 1 aliphatic heterocycles. The second kappa shape index (κ2) is 6.53. The molecule has 0 saturated carbocycles. The molecule has 4 nitrogen and oxygen atoms in total. The molecule has 0 radical (unpaired) electrons. The lowest BCUT2D eigenvalue weighted by molar-refractivity contribution is 0.0572. The summed E-state index contributed by atoms with van der Waals surface area (Å²) < 4.78 is 0. The molecule has 3 unspecified atom stereocenters. The van der Waals surface area contributed by atoms with Gasteiger partial charge in [0.1, 0.15) is 0 Å². The minimum atomic E-state index is -0.582. The summed E-state index contributed by atoms with van der Waals surface area (Å²) in [6, 6.07) is 0. The highest BCUT2D eigenvalue weighted by Crippen LogP contribution is 2.26. The van der Waals surface area contributed by atoms with Crippen LogP contribution in [0.1, 0.15) is 47.5 Å². The van der Waals surface area contributed by atoms with Gasteiger partial charge in [-0.15, -0.1) is 0 Å². The molecule has 1 heterocycles. The van der Waals surface area contributed by atoms with E-state index in [-0.39, 0.29) is 11.0 Å². The molecule has 0 aromatic rings. The molecule has 114 valence electrons. The van der Waals surface area contributed by atoms with Crippen LogP contribution in [0, 0.1) is 5.41 Å². The van der Waals surface area contributed by atoms with Crippen molar-refractivity contribution in [2.24, 2.45) is 5.41 Å². The molecule has 1 aliphatic rings. The van der Waals surface area contributed by atoms with Crippen LogP contribution in [0.25, 0.3) is 0 Å². The summed E-state index contributed by atoms with van der Waals surface area (Å²) in [6.07, 6.45) is 1.14. The molecule has 0 aliphatic carbocycles. The summed E-state index contributed by atoms with van der Waals surface area (Å²) in [5, 5.41) is 22.9. The zero-order chi connectivity index (χ0) is 14.7. The van der Waals surface area contributed by atoms with Gasteiger partial charge in [-0.1, -0.05) is 20.3 Å². The van der Waals surface area contributed by atoms with Crippen molar-refractivity contribution in [3.05, 3.63) is 0 Å². The third-order valence-electron chi connectivity index (χ3n) is 3.84. The molecule has 0 amide bonds. The van der Waals surface area contributed by atoms with E-state index in [2.05, 4.69) is 44.8 Å². The van der Waals surface area contributed by atoms with Crippen LogP contribution in [0.15, 0.2) is 0 Å². The zero-order valence-corrected chi connectivity index (χ0v) is 13.2. The van der Waals surface area contributed by atoms with Gasteiger partial charge in [0.2, 0.25) is 0 Å². The van der Waals surface area contributed by atoms with Gasteiger partial charge in [0, 0.05) is 31.7 Å². The lowest BCUT2D eigenvalue weighted by Crippen LogP contribution is -2.47. The normalized spacial score (nSPS) is 28.6. The van der Waals surface area contributed by atoms with E-state index >= 15 is 0 Å². The quantitative estimate of drug-likeness (QED) is 0.680. The van der Waals surface area contributed by atoms with E-state index in [1.165, 1.54) is 0 Å². The first-order valence-corrected chi connectivity index (χ1v) is 7.49. The topological polar surface area (TPSA) is 55.7 Å². The van der Waals surface area contributed by atoms with Crippen LogP contribution in [0.4, 0.5) is 0 Å². The maximum atomic E-state index is 9.65. The van der Waals surface area contributed by atoms with Crippen molar-refractivity contribution < 1.29 is 10.2 Å². The maximum absolute atomic E-state index is 9.65. The molecule has 3 N–H and O–H groups in total. The van der Waals surface area contributed by atoms with Crippen molar-refractivity contribution in [3.8, 4) is 0 Å². The molecule has 3 atom stereocenters. The third-order valence-corrected chi connectivity index (χ3v) is 3.84. The molecule has 1 rings (SSSR count). The fraction of sp³-hybridized carbons (Fsp3) is 1.00. The first-order valence-electron chi connectivity index (χ1n) is 7.49. The third kappa shape index (κ3) is 5.78. The highest BCUT2D eigenvalue weighted by Gasteiger charge is 2.34. The SMILES string of the molecule is CCCC(C)(CNC(C)(C)C)CN1CC(O)C(O)C1. The van der Waals surface area contributed by atoms with E-state index in [1.54, 1.807) is 0 Å². The Balaban J connectivity index is 2.56. The molecule has 0 bridgehead atoms. The van der Waals surface area contributed by atoms with Crippen molar-refractivity contribution in [2.75, 3.05) is 26.2 Å². The summed E-state index contributed by atoms with van der Waals surface area (Å²) in [7, 11) is 0. The number of aliphatic hydroxyl groups excluding tert-OH is 2. The number of aliphatic hydroxyl groups is 2. The minimum Gasteiger partial charge on any atom is -0.389 e. The van der Waals surface area contributed by atoms with Crippen LogP contribution in [-0.2, 0) is 0 Å². The first kappa shape index (κ1) is 16.9. The van der Waals surface area contributed by atoms with Gasteiger partial charge in [-0.05, 0) is 32.6 Å². The van der Waals surface area contributed by atoms with Crippen molar-refractivity contribution >= 4 is 0 Å². The van der Waals surface area contributed by atoms with Gasteiger partial charge in [0.25, 0.3) is 0 Å². The Kier molecular flexibility index (Phi) is 5.80. The Labute approximate surface area is 118 Å². The summed E-state index contributed by atoms with van der Waals surface area (Å²) >= 11 is 0. The van der Waals surface area contributed by atoms with Crippen molar-refractivity contribution in [3.63, 3.8) is 0 Å². The largest absolute Gasteiger partial charge is 0.389 e. The second-order valence-electron chi connectivity index (χ2n) is 7.49. The fourth-order valence-corrected chi connectivity index (χ4v) is 2.82. The Hall–Kier alpha value is -0.160. The Morgan fingerprint density at radius 3 is 2.05 bits per heavy atom. The van der Waals surface area contributed by atoms with Gasteiger partial charge in [-0.25, -0.2) is 0 Å². The number of nitrogens with zero attached hydrogens (tertiary/aromatic N) is 1. The standard InChI is InChI=1S/C15H32N2O2/c1-6-7-15(5,10-16-14(2,3)4)11-17-8-12(18)13(19)9-17/h12-13,16,18-19H,6-11H2,1-5H3. The van der Waals surface area contributed by atoms with Crippen LogP contribution in [-0.4, -0.2) is 59.0 Å². The Morgan fingerprint density at radius 1 is 1.11 bits per heavy atom. The number of hydrogen-bond acceptors (Lipinski definition) is 4. The number of likely N-dealkylation sites (tertiary alicyclic amines) is 1. The van der Waals surface area contributed by atoms with E-state index in [4.69, 9.17) is 0 Å². The average molecular weight is 272 g/mol. The Morgan fingerprint density at radius 2 is 1.63 bits per heavy atom. The minimum absolute atomic E-state index is 0.124. The van der Waals surface area contributed by atoms with Gasteiger partial charge in [0.05, 0.1) is 12.2 Å². The monoisotopic (exact) mass is 272 g/mol. The predicted molar refractivity (Wildman–Crippen MR) is 79.2 cm³/mol. The second-order valence-corrected chi connectivity index (χ2v) is 7.49. The molecule has 19 heavy (non-hydrogen) atoms. The summed E-state index contributed by atoms with van der Waals surface area (Å²) in [6.45, 7) is 14.1. The highest BCUT2D eigenvalue weighted by molar-refractivity contribution is 4.89. The van der Waals surface area contributed by atoms with Gasteiger partial charge in [0.15, 0.2) is 0 Å². The molecule has 0 aromatic carbocycles. The number of rotatable bonds is 6. The van der Waals surface area contributed by atoms with Crippen LogP contribution in [0.3, 0.4) is 0 Å². The first-order chi connectivity index (χ1) is 8.65. The van der Waals surface area contributed by atoms with Crippen LogP contribution >= 0.6 is 0 Å². The van der Waals surface area contributed by atoms with Crippen molar-refractivity contribution in [1.29, 1.82) is 0 Å². The van der Waals surface area contributed by atoms with Gasteiger partial charge >= 0.3 is 0 Å². The predicted octanol–water partition coefficient (Wildman–Crippen LogP) is 1.22. The van der Waals surface area contributed by atoms with E-state index in [9.17, 15) is 10.2 Å². The smallest absolute Gasteiger partial charge is 0.0938 e. The summed E-state index contributed by atoms with van der Waals surface area (Å²) in [5.74, 6) is 0. The molecule has 0 spiro atoms. The van der Waals surface area contributed by atoms with Crippen molar-refractivity contribution in [2.45, 2.75) is 65.2 Å². The summed E-state index contributed by atoms with van der Waals surface area (Å²) in [5.41, 5.74) is 0.310. The maximum Gasteiger partial charge on any atom is 0.0938 e. The van der Waals surface area contributed by atoms with Crippen LogP contribution in [0.5, 0.6) is 0 Å². The van der Waals surface area contributed by atoms with Crippen LogP contribution in [0.2, 0.25) is 0 Å². The molecule has 4 heteroatoms. The van der Waals surface area contributed by atoms with E-state index in [0.717, 1.165) is 25.9 Å². The van der Waals surface area contributed by atoms with Gasteiger partial charge in [-0.3, -0.25) is 4.90 Å². The average Bonchev–Trinajstić information content (AvgIpc) is 2.54. The molecule has 1 saturated heterocycles. The fourth-order valence-electron chi connectivity index (χ4n) is 2.82. The number of hydrogen-bond donors (Lipinski definition) is 3. The number of nitrogens with one attached hydrogen (secondary N) is 1. The van der Waals surface area contributed by atoms with Crippen molar-refractivity contribution in [1.82, 2.24) is 10.2 Å². The van der Waals surface area contributed by atoms with Crippen LogP contribution < -0.4 is 5.32 Å². The highest BCUT2D eigenvalue weighted by atomic mass is 16.3. The number of β-amino-alcohol motifs (C(OH)–C–C–N with tert-alkyl or cyclic N) is 2. The van der Waals surface area contributed by atoms with Gasteiger partial charge < -0.3 is 15.5 Å². The Bertz CT molecular complexity index is 268. The molecular formula is C15H32N2O2. The lowest BCUT2D eigenvalue weighted by atomic mass is 9.84. The van der Waals surface area contributed by atoms with E-state index in [0.29, 0.717) is 13.1 Å². The molecule has 0 aromatic heterocycles. The summed E-state index contributed by atoms with van der Waals surface area (Å²) in [4.78, 5) is 2.19. The molecule has 1 fully saturated rings. The van der Waals surface area contributed by atoms with E-state index < -0.39 is 12.2 Å². The van der Waals surface area contributed by atoms with E-state index in [1.807, 2.05) is 0 Å². The zero-order valence-electron chi connectivity index (χ0n) is 13.2. The molecular weight excluding hydrogens is 240 g/mol.